The molecule has 1 aliphatic heterocycles. The first-order valence-corrected chi connectivity index (χ1v) is 6.14. The Balaban J connectivity index is 1.97. The molecule has 70 valence electrons. The van der Waals surface area contributed by atoms with E-state index < -0.39 is 0 Å². The van der Waals surface area contributed by atoms with Crippen LogP contribution in [-0.4, -0.2) is 16.7 Å². The van der Waals surface area contributed by atoms with E-state index >= 15 is 0 Å². The van der Waals surface area contributed by atoms with Crippen molar-refractivity contribution >= 4 is 11.8 Å². The number of thioether (sulfide) groups is 1. The van der Waals surface area contributed by atoms with E-state index in [9.17, 15) is 0 Å². The van der Waals surface area contributed by atoms with Crippen LogP contribution >= 0.6 is 11.8 Å². The zero-order valence-electron chi connectivity index (χ0n) is 8.10. The lowest BCUT2D eigenvalue weighted by molar-refractivity contribution is 0.435. The highest BCUT2D eigenvalue weighted by molar-refractivity contribution is 8.00. The van der Waals surface area contributed by atoms with Gasteiger partial charge in [0.2, 0.25) is 0 Å². The summed E-state index contributed by atoms with van der Waals surface area (Å²) in [5.41, 5.74) is 0. The summed E-state index contributed by atoms with van der Waals surface area (Å²) < 4.78 is 0. The van der Waals surface area contributed by atoms with Crippen molar-refractivity contribution in [3.05, 3.63) is 0 Å². The van der Waals surface area contributed by atoms with Gasteiger partial charge in [-0.05, 0) is 32.1 Å². The number of rotatable bonds is 1. The predicted molar refractivity (Wildman–Crippen MR) is 55.4 cm³/mol. The minimum atomic E-state index is 0.500. The number of hydrogen-bond acceptors (Lipinski definition) is 2. The van der Waals surface area contributed by atoms with Gasteiger partial charge in [0, 0.05) is 11.8 Å². The van der Waals surface area contributed by atoms with Crippen LogP contribution in [0.25, 0.3) is 0 Å². The Morgan fingerprint density at radius 3 is 2.92 bits per heavy atom. The Labute approximate surface area is 79.7 Å². The van der Waals surface area contributed by atoms with Crippen molar-refractivity contribution in [1.82, 2.24) is 5.32 Å². The van der Waals surface area contributed by atoms with Crippen LogP contribution in [0.15, 0.2) is 0 Å². The molecule has 3 atom stereocenters. The van der Waals surface area contributed by atoms with E-state index in [1.165, 1.54) is 31.4 Å². The van der Waals surface area contributed by atoms with E-state index in [4.69, 9.17) is 0 Å². The van der Waals surface area contributed by atoms with Crippen molar-refractivity contribution in [3.8, 4) is 0 Å². The quantitative estimate of drug-likeness (QED) is 0.674. The highest BCUT2D eigenvalue weighted by Crippen LogP contribution is 2.46. The van der Waals surface area contributed by atoms with E-state index in [-0.39, 0.29) is 0 Å². The molecule has 1 spiro atoms. The van der Waals surface area contributed by atoms with Crippen molar-refractivity contribution in [3.63, 3.8) is 0 Å². The van der Waals surface area contributed by atoms with Crippen LogP contribution in [0.3, 0.4) is 0 Å². The number of hydrogen-bond donors (Lipinski definition) is 1. The molecule has 0 aromatic heterocycles. The van der Waals surface area contributed by atoms with E-state index in [0.29, 0.717) is 4.87 Å². The Hall–Kier alpha value is 0.310. The van der Waals surface area contributed by atoms with Gasteiger partial charge < -0.3 is 0 Å². The molecule has 0 bridgehead atoms. The van der Waals surface area contributed by atoms with Crippen LogP contribution in [-0.2, 0) is 0 Å². The van der Waals surface area contributed by atoms with Gasteiger partial charge in [0.1, 0.15) is 0 Å². The van der Waals surface area contributed by atoms with Crippen LogP contribution in [0.5, 0.6) is 0 Å². The van der Waals surface area contributed by atoms with Crippen LogP contribution in [0.2, 0.25) is 0 Å². The van der Waals surface area contributed by atoms with Gasteiger partial charge in [0.25, 0.3) is 0 Å². The summed E-state index contributed by atoms with van der Waals surface area (Å²) in [6, 6.07) is 0.741. The zero-order valence-corrected chi connectivity index (χ0v) is 8.91. The molecule has 12 heavy (non-hydrogen) atoms. The first kappa shape index (κ1) is 8.89. The molecule has 0 aromatic rings. The molecule has 2 aliphatic rings. The Kier molecular flexibility index (Phi) is 2.39. The topological polar surface area (TPSA) is 12.0 Å². The third kappa shape index (κ3) is 1.51. The van der Waals surface area contributed by atoms with Gasteiger partial charge in [-0.1, -0.05) is 13.3 Å². The van der Waals surface area contributed by atoms with Gasteiger partial charge in [-0.2, -0.15) is 0 Å². The zero-order chi connectivity index (χ0) is 8.60. The maximum atomic E-state index is 3.76. The minimum Gasteiger partial charge on any atom is -0.299 e. The summed E-state index contributed by atoms with van der Waals surface area (Å²) in [5.74, 6) is 2.31. The maximum Gasteiger partial charge on any atom is 0.0650 e. The molecule has 2 heteroatoms. The molecule has 0 aromatic carbocycles. The van der Waals surface area contributed by atoms with Gasteiger partial charge >= 0.3 is 0 Å². The van der Waals surface area contributed by atoms with E-state index in [2.05, 4.69) is 30.9 Å². The largest absolute Gasteiger partial charge is 0.299 e. The molecule has 2 rings (SSSR count). The van der Waals surface area contributed by atoms with Crippen molar-refractivity contribution < 1.29 is 0 Å². The second kappa shape index (κ2) is 3.22. The molecule has 3 unspecified atom stereocenters. The fourth-order valence-corrected chi connectivity index (χ4v) is 4.09. The normalized spacial score (nSPS) is 47.5. The Bertz CT molecular complexity index is 171. The minimum absolute atomic E-state index is 0.500. The lowest BCUT2D eigenvalue weighted by Gasteiger charge is -2.23. The number of nitrogens with one attached hydrogen (secondary N) is 1. The average Bonchev–Trinajstić information content (AvgIpc) is 2.61. The fourth-order valence-electron chi connectivity index (χ4n) is 2.54. The highest BCUT2D eigenvalue weighted by Gasteiger charge is 2.43. The van der Waals surface area contributed by atoms with Crippen molar-refractivity contribution in [2.45, 2.75) is 50.4 Å². The molecule has 0 amide bonds. The summed E-state index contributed by atoms with van der Waals surface area (Å²) in [4.78, 5) is 0.500. The Morgan fingerprint density at radius 2 is 2.42 bits per heavy atom. The third-order valence-electron chi connectivity index (χ3n) is 3.27. The summed E-state index contributed by atoms with van der Waals surface area (Å²) in [7, 11) is 0. The van der Waals surface area contributed by atoms with Crippen molar-refractivity contribution in [1.29, 1.82) is 0 Å². The molecule has 1 nitrogen and oxygen atoms in total. The summed E-state index contributed by atoms with van der Waals surface area (Å²) >= 11 is 2.17. The van der Waals surface area contributed by atoms with Crippen LogP contribution in [0.4, 0.5) is 0 Å². The molecule has 1 heterocycles. The molecule has 1 N–H and O–H groups in total. The lowest BCUT2D eigenvalue weighted by Crippen LogP contribution is -2.38. The van der Waals surface area contributed by atoms with Gasteiger partial charge in [0.15, 0.2) is 0 Å². The van der Waals surface area contributed by atoms with Gasteiger partial charge in [-0.3, -0.25) is 5.32 Å². The molecule has 0 radical (unpaired) electrons. The highest BCUT2D eigenvalue weighted by atomic mass is 32.2. The summed E-state index contributed by atoms with van der Waals surface area (Å²) in [5, 5.41) is 3.76. The van der Waals surface area contributed by atoms with Crippen molar-refractivity contribution in [2.75, 3.05) is 5.75 Å². The predicted octanol–water partition coefficient (Wildman–Crippen LogP) is 2.62. The van der Waals surface area contributed by atoms with E-state index in [1.807, 2.05) is 0 Å². The van der Waals surface area contributed by atoms with Gasteiger partial charge in [-0.15, -0.1) is 11.8 Å². The van der Waals surface area contributed by atoms with E-state index in [1.54, 1.807) is 0 Å². The second-order valence-electron chi connectivity index (χ2n) is 4.37. The summed E-state index contributed by atoms with van der Waals surface area (Å²) in [6.45, 7) is 4.63. The molecule has 1 saturated carbocycles. The van der Waals surface area contributed by atoms with Crippen LogP contribution in [0, 0.1) is 5.92 Å². The molecular weight excluding hydrogens is 166 g/mol. The average molecular weight is 185 g/mol. The van der Waals surface area contributed by atoms with E-state index in [0.717, 1.165) is 12.0 Å². The maximum absolute atomic E-state index is 3.76. The fraction of sp³-hybridized carbons (Fsp3) is 1.00. The van der Waals surface area contributed by atoms with Crippen LogP contribution < -0.4 is 5.32 Å². The van der Waals surface area contributed by atoms with Gasteiger partial charge in [0.05, 0.1) is 4.87 Å². The second-order valence-corrected chi connectivity index (χ2v) is 5.77. The van der Waals surface area contributed by atoms with Crippen molar-refractivity contribution in [2.24, 2.45) is 5.92 Å². The Morgan fingerprint density at radius 1 is 1.58 bits per heavy atom. The smallest absolute Gasteiger partial charge is 0.0650 e. The first-order chi connectivity index (χ1) is 5.74. The first-order valence-electron chi connectivity index (χ1n) is 5.16. The molecule has 2 fully saturated rings. The lowest BCUT2D eigenvalue weighted by atomic mass is 10.1. The standard InChI is InChI=1S/C10H19NS/c1-3-9-4-5-10(6-9)11-8(2)7-12-10/h8-9,11H,3-7H2,1-2H3. The molecular formula is C10H19NS. The monoisotopic (exact) mass is 185 g/mol. The summed E-state index contributed by atoms with van der Waals surface area (Å²) in [6.07, 6.45) is 5.64. The molecule has 1 saturated heterocycles. The van der Waals surface area contributed by atoms with Crippen LogP contribution in [0.1, 0.15) is 39.5 Å². The molecule has 1 aliphatic carbocycles. The third-order valence-corrected chi connectivity index (χ3v) is 4.98. The van der Waals surface area contributed by atoms with Gasteiger partial charge in [-0.25, -0.2) is 0 Å². The SMILES string of the molecule is CCC1CCC2(C1)NC(C)CS2.